The van der Waals surface area contributed by atoms with E-state index in [4.69, 9.17) is 20.9 Å². The molecule has 0 spiro atoms. The van der Waals surface area contributed by atoms with Crippen molar-refractivity contribution in [3.63, 3.8) is 0 Å². The summed E-state index contributed by atoms with van der Waals surface area (Å²) in [4.78, 5) is 11.9. The molecule has 2 heterocycles. The topological polar surface area (TPSA) is 70.2 Å². The molecule has 0 N–H and O–H groups in total. The van der Waals surface area contributed by atoms with E-state index in [9.17, 15) is 9.18 Å². The van der Waals surface area contributed by atoms with E-state index in [2.05, 4.69) is 10.3 Å². The summed E-state index contributed by atoms with van der Waals surface area (Å²) in [6, 6.07) is 7.46. The van der Waals surface area contributed by atoms with Crippen molar-refractivity contribution in [2.24, 2.45) is 0 Å². The van der Waals surface area contributed by atoms with Crippen molar-refractivity contribution in [1.82, 2.24) is 14.9 Å². The number of benzene rings is 1. The van der Waals surface area contributed by atoms with Crippen LogP contribution in [0, 0.1) is 19.7 Å². The molecule has 0 amide bonds. The highest BCUT2D eigenvalue weighted by Gasteiger charge is 2.13. The number of hydrogen-bond acceptors (Lipinski definition) is 5. The molecule has 0 radical (unpaired) electrons. The molecule has 0 saturated heterocycles. The van der Waals surface area contributed by atoms with Gasteiger partial charge in [-0.2, -0.15) is 5.10 Å². The molecule has 134 valence electrons. The van der Waals surface area contributed by atoms with Gasteiger partial charge in [-0.15, -0.1) is 0 Å². The van der Waals surface area contributed by atoms with Gasteiger partial charge in [0.2, 0.25) is 0 Å². The maximum absolute atomic E-state index is 13.1. The Bertz CT molecular complexity index is 961. The molecule has 0 atom stereocenters. The SMILES string of the molecule is Cc1cc(COC(=O)/C=C/c2c(C)nn(-c3ccc(F)cc3)c2Cl)no1. The first-order chi connectivity index (χ1) is 12.4. The summed E-state index contributed by atoms with van der Waals surface area (Å²) in [5.41, 5.74) is 2.34. The van der Waals surface area contributed by atoms with Crippen molar-refractivity contribution in [1.29, 1.82) is 0 Å². The van der Waals surface area contributed by atoms with Crippen LogP contribution in [0.3, 0.4) is 0 Å². The van der Waals surface area contributed by atoms with E-state index in [1.54, 1.807) is 32.0 Å². The molecule has 0 saturated carbocycles. The van der Waals surface area contributed by atoms with Crippen LogP contribution in [0.2, 0.25) is 5.15 Å². The minimum Gasteiger partial charge on any atom is -0.456 e. The highest BCUT2D eigenvalue weighted by molar-refractivity contribution is 6.31. The predicted molar refractivity (Wildman–Crippen MR) is 93.3 cm³/mol. The summed E-state index contributed by atoms with van der Waals surface area (Å²) in [6.07, 6.45) is 2.79. The lowest BCUT2D eigenvalue weighted by Gasteiger charge is -2.02. The Morgan fingerprint density at radius 1 is 1.35 bits per heavy atom. The van der Waals surface area contributed by atoms with Crippen LogP contribution in [0.4, 0.5) is 4.39 Å². The van der Waals surface area contributed by atoms with Crippen molar-refractivity contribution in [2.75, 3.05) is 0 Å². The quantitative estimate of drug-likeness (QED) is 0.497. The Kier molecular flexibility index (Phi) is 5.18. The molecule has 0 aliphatic rings. The summed E-state index contributed by atoms with van der Waals surface area (Å²) < 4.78 is 24.5. The number of ether oxygens (including phenoxy) is 1. The molecular weight excluding hydrogens is 361 g/mol. The van der Waals surface area contributed by atoms with E-state index in [1.807, 2.05) is 0 Å². The Labute approximate surface area is 153 Å². The van der Waals surface area contributed by atoms with Crippen LogP contribution in [-0.4, -0.2) is 20.9 Å². The fourth-order valence-electron chi connectivity index (χ4n) is 2.28. The Morgan fingerprint density at radius 2 is 2.08 bits per heavy atom. The molecule has 0 aliphatic carbocycles. The van der Waals surface area contributed by atoms with Crippen LogP contribution in [0.15, 0.2) is 40.9 Å². The van der Waals surface area contributed by atoms with Crippen LogP contribution < -0.4 is 0 Å². The van der Waals surface area contributed by atoms with Gasteiger partial charge in [0.1, 0.15) is 29.0 Å². The zero-order chi connectivity index (χ0) is 18.7. The molecule has 6 nitrogen and oxygen atoms in total. The first-order valence-corrected chi connectivity index (χ1v) is 8.10. The van der Waals surface area contributed by atoms with E-state index in [0.717, 1.165) is 0 Å². The Balaban J connectivity index is 1.72. The van der Waals surface area contributed by atoms with Gasteiger partial charge in [-0.25, -0.2) is 13.9 Å². The normalized spacial score (nSPS) is 11.2. The minimum absolute atomic E-state index is 0.0159. The first-order valence-electron chi connectivity index (χ1n) is 7.72. The van der Waals surface area contributed by atoms with Crippen molar-refractivity contribution in [2.45, 2.75) is 20.5 Å². The zero-order valence-electron chi connectivity index (χ0n) is 14.1. The third-order valence-corrected chi connectivity index (χ3v) is 3.91. The summed E-state index contributed by atoms with van der Waals surface area (Å²) in [7, 11) is 0. The van der Waals surface area contributed by atoms with E-state index in [-0.39, 0.29) is 12.4 Å². The number of hydrogen-bond donors (Lipinski definition) is 0. The van der Waals surface area contributed by atoms with Gasteiger partial charge >= 0.3 is 5.97 Å². The lowest BCUT2D eigenvalue weighted by Crippen LogP contribution is -2.00. The smallest absolute Gasteiger partial charge is 0.331 e. The van der Waals surface area contributed by atoms with Gasteiger partial charge < -0.3 is 9.26 Å². The molecule has 0 bridgehead atoms. The fourth-order valence-corrected chi connectivity index (χ4v) is 2.62. The van der Waals surface area contributed by atoms with Crippen LogP contribution in [0.25, 0.3) is 11.8 Å². The van der Waals surface area contributed by atoms with Crippen molar-refractivity contribution < 1.29 is 18.4 Å². The second kappa shape index (κ2) is 7.53. The van der Waals surface area contributed by atoms with Crippen molar-refractivity contribution >= 4 is 23.6 Å². The molecule has 0 aliphatic heterocycles. The highest BCUT2D eigenvalue weighted by atomic mass is 35.5. The van der Waals surface area contributed by atoms with Gasteiger partial charge in [0.05, 0.1) is 11.4 Å². The molecule has 26 heavy (non-hydrogen) atoms. The van der Waals surface area contributed by atoms with Gasteiger partial charge in [-0.1, -0.05) is 16.8 Å². The molecular formula is C18H15ClFN3O3. The summed E-state index contributed by atoms with van der Waals surface area (Å²) in [5, 5.41) is 8.37. The first kappa shape index (κ1) is 17.9. The van der Waals surface area contributed by atoms with Gasteiger partial charge in [0.15, 0.2) is 0 Å². The molecule has 8 heteroatoms. The number of halogens is 2. The average molecular weight is 376 g/mol. The number of carbonyl (C=O) groups is 1. The summed E-state index contributed by atoms with van der Waals surface area (Å²) in [6.45, 7) is 3.53. The van der Waals surface area contributed by atoms with Crippen molar-refractivity contribution in [3.05, 3.63) is 70.1 Å². The third kappa shape index (κ3) is 4.00. The third-order valence-electron chi connectivity index (χ3n) is 3.54. The molecule has 3 rings (SSSR count). The summed E-state index contributed by atoms with van der Waals surface area (Å²) >= 11 is 6.34. The number of rotatable bonds is 5. The molecule has 3 aromatic rings. The maximum atomic E-state index is 13.1. The Hall–Kier alpha value is -2.93. The van der Waals surface area contributed by atoms with Crippen LogP contribution >= 0.6 is 11.6 Å². The number of aryl methyl sites for hydroxylation is 2. The molecule has 0 unspecified atom stereocenters. The van der Waals surface area contributed by atoms with Crippen LogP contribution in [0.5, 0.6) is 0 Å². The molecule has 1 aromatic carbocycles. The summed E-state index contributed by atoms with van der Waals surface area (Å²) in [5.74, 6) is -0.253. The van der Waals surface area contributed by atoms with Gasteiger partial charge in [-0.3, -0.25) is 0 Å². The number of nitrogens with zero attached hydrogens (tertiary/aromatic N) is 3. The second-order valence-corrected chi connectivity index (χ2v) is 5.91. The lowest BCUT2D eigenvalue weighted by atomic mass is 10.2. The number of aromatic nitrogens is 3. The minimum atomic E-state index is -0.546. The monoisotopic (exact) mass is 375 g/mol. The van der Waals surface area contributed by atoms with Gasteiger partial charge in [-0.05, 0) is 44.2 Å². The second-order valence-electron chi connectivity index (χ2n) is 5.55. The van der Waals surface area contributed by atoms with Crippen LogP contribution in [0.1, 0.15) is 22.7 Å². The fraction of sp³-hybridized carbons (Fsp3) is 0.167. The zero-order valence-corrected chi connectivity index (χ0v) is 14.8. The average Bonchev–Trinajstić information content (AvgIpc) is 3.15. The molecule has 2 aromatic heterocycles. The van der Waals surface area contributed by atoms with Gasteiger partial charge in [0.25, 0.3) is 0 Å². The predicted octanol–water partition coefficient (Wildman–Crippen LogP) is 4.03. The van der Waals surface area contributed by atoms with Crippen molar-refractivity contribution in [3.8, 4) is 5.69 Å². The van der Waals surface area contributed by atoms with E-state index < -0.39 is 5.97 Å². The van der Waals surface area contributed by atoms with E-state index in [0.29, 0.717) is 33.6 Å². The lowest BCUT2D eigenvalue weighted by molar-refractivity contribution is -0.139. The largest absolute Gasteiger partial charge is 0.456 e. The number of carbonyl (C=O) groups excluding carboxylic acids is 1. The van der Waals surface area contributed by atoms with E-state index in [1.165, 1.54) is 29.0 Å². The highest BCUT2D eigenvalue weighted by Crippen LogP contribution is 2.24. The standard InChI is InChI=1S/C18H15ClFN3O3/c1-11-9-14(22-26-11)10-25-17(24)8-7-16-12(2)21-23(18(16)19)15-5-3-13(20)4-6-15/h3-9H,10H2,1-2H3/b8-7+. The maximum Gasteiger partial charge on any atom is 0.331 e. The Morgan fingerprint density at radius 3 is 2.73 bits per heavy atom. The number of esters is 1. The van der Waals surface area contributed by atoms with E-state index >= 15 is 0 Å². The van der Waals surface area contributed by atoms with Gasteiger partial charge in [0, 0.05) is 17.7 Å². The molecule has 0 fully saturated rings. The van der Waals surface area contributed by atoms with Crippen LogP contribution in [-0.2, 0) is 16.1 Å².